The van der Waals surface area contributed by atoms with Crippen LogP contribution in [-0.4, -0.2) is 61.0 Å². The Labute approximate surface area is 184 Å². The van der Waals surface area contributed by atoms with Crippen LogP contribution >= 0.6 is 24.0 Å². The molecule has 0 amide bonds. The molecule has 0 spiro atoms. The lowest BCUT2D eigenvalue weighted by atomic mass is 10.1. The zero-order chi connectivity index (χ0) is 18.9. The number of halogens is 1. The van der Waals surface area contributed by atoms with Crippen LogP contribution in [0.5, 0.6) is 5.75 Å². The van der Waals surface area contributed by atoms with Crippen LogP contribution in [-0.2, 0) is 6.54 Å². The minimum Gasteiger partial charge on any atom is -0.497 e. The van der Waals surface area contributed by atoms with Crippen LogP contribution in [0.2, 0.25) is 0 Å². The van der Waals surface area contributed by atoms with Gasteiger partial charge in [-0.3, -0.25) is 14.6 Å². The number of ether oxygens (including phenoxy) is 1. The molecule has 0 radical (unpaired) electrons. The molecule has 1 aliphatic heterocycles. The maximum atomic E-state index is 5.30. The number of likely N-dealkylation sites (tertiary alicyclic amines) is 1. The molecule has 1 aliphatic rings. The maximum Gasteiger partial charge on any atom is 0.191 e. The van der Waals surface area contributed by atoms with Gasteiger partial charge in [0.15, 0.2) is 5.96 Å². The summed E-state index contributed by atoms with van der Waals surface area (Å²) in [7, 11) is 3.51. The minimum absolute atomic E-state index is 0. The zero-order valence-electron chi connectivity index (χ0n) is 16.7. The summed E-state index contributed by atoms with van der Waals surface area (Å²) in [6.07, 6.45) is 6.29. The number of hydrogen-bond donors (Lipinski definition) is 2. The van der Waals surface area contributed by atoms with E-state index in [-0.39, 0.29) is 24.0 Å². The highest BCUT2D eigenvalue weighted by atomic mass is 127. The highest BCUT2D eigenvalue weighted by molar-refractivity contribution is 14.0. The second-order valence-electron chi connectivity index (χ2n) is 6.68. The fraction of sp³-hybridized carbons (Fsp3) is 0.500. The second kappa shape index (κ2) is 11.9. The van der Waals surface area contributed by atoms with Gasteiger partial charge in [0.25, 0.3) is 0 Å². The Balaban J connectivity index is 0.00000280. The number of nitrogens with one attached hydrogen (secondary N) is 2. The molecule has 1 fully saturated rings. The number of guanidine groups is 1. The molecule has 1 unspecified atom stereocenters. The molecule has 0 aliphatic carbocycles. The molecule has 1 aromatic heterocycles. The average molecular weight is 498 g/mol. The lowest BCUT2D eigenvalue weighted by molar-refractivity contribution is 0.245. The van der Waals surface area contributed by atoms with Crippen molar-refractivity contribution in [3.05, 3.63) is 48.3 Å². The number of nitrogens with zero attached hydrogens (tertiary/aromatic N) is 4. The molecule has 1 aromatic carbocycles. The molecular weight excluding hydrogens is 467 g/mol. The van der Waals surface area contributed by atoms with Gasteiger partial charge in [0.2, 0.25) is 0 Å². The highest BCUT2D eigenvalue weighted by Crippen LogP contribution is 2.26. The lowest BCUT2D eigenvalue weighted by Crippen LogP contribution is -2.43. The normalized spacial score (nSPS) is 15.7. The van der Waals surface area contributed by atoms with Crippen LogP contribution in [0, 0.1) is 0 Å². The second-order valence-corrected chi connectivity index (χ2v) is 6.68. The van der Waals surface area contributed by atoms with Gasteiger partial charge in [0, 0.05) is 32.5 Å². The number of aliphatic imine (C=N–C) groups is 1. The minimum atomic E-state index is 0. The van der Waals surface area contributed by atoms with Gasteiger partial charge in [-0.1, -0.05) is 12.1 Å². The third kappa shape index (κ3) is 6.37. The fourth-order valence-electron chi connectivity index (χ4n) is 3.47. The van der Waals surface area contributed by atoms with Gasteiger partial charge in [-0.2, -0.15) is 5.10 Å². The van der Waals surface area contributed by atoms with Crippen molar-refractivity contribution in [2.75, 3.05) is 40.3 Å². The van der Waals surface area contributed by atoms with E-state index < -0.39 is 0 Å². The number of aromatic nitrogens is 2. The Morgan fingerprint density at radius 3 is 2.57 bits per heavy atom. The summed E-state index contributed by atoms with van der Waals surface area (Å²) in [5.41, 5.74) is 1.30. The SMILES string of the molecule is CN=C(NCCn1cccn1)NCC(c1ccc(OC)cc1)N1CCCC1.I. The lowest BCUT2D eigenvalue weighted by Gasteiger charge is -2.29. The first-order valence-electron chi connectivity index (χ1n) is 9.60. The molecule has 2 aromatic rings. The molecule has 1 saturated heterocycles. The van der Waals surface area contributed by atoms with E-state index in [2.05, 4.69) is 37.8 Å². The molecule has 0 saturated carbocycles. The summed E-state index contributed by atoms with van der Waals surface area (Å²) in [5.74, 6) is 1.71. The van der Waals surface area contributed by atoms with E-state index in [1.165, 1.54) is 18.4 Å². The molecule has 0 bridgehead atoms. The first kappa shape index (κ1) is 22.5. The van der Waals surface area contributed by atoms with Gasteiger partial charge in [0.05, 0.1) is 19.7 Å². The van der Waals surface area contributed by atoms with Crippen molar-refractivity contribution in [2.24, 2.45) is 4.99 Å². The van der Waals surface area contributed by atoms with Crippen molar-refractivity contribution in [1.82, 2.24) is 25.3 Å². The molecular formula is C20H31IN6O. The highest BCUT2D eigenvalue weighted by Gasteiger charge is 2.23. The van der Waals surface area contributed by atoms with Crippen molar-refractivity contribution in [2.45, 2.75) is 25.4 Å². The van der Waals surface area contributed by atoms with E-state index >= 15 is 0 Å². The Morgan fingerprint density at radius 1 is 1.21 bits per heavy atom. The fourth-order valence-corrected chi connectivity index (χ4v) is 3.47. The van der Waals surface area contributed by atoms with Crippen molar-refractivity contribution < 1.29 is 4.74 Å². The van der Waals surface area contributed by atoms with Gasteiger partial charge in [-0.05, 0) is 49.7 Å². The van der Waals surface area contributed by atoms with Crippen LogP contribution in [0.3, 0.4) is 0 Å². The van der Waals surface area contributed by atoms with Crippen LogP contribution in [0.4, 0.5) is 0 Å². The first-order valence-corrected chi connectivity index (χ1v) is 9.60. The van der Waals surface area contributed by atoms with E-state index in [1.54, 1.807) is 13.3 Å². The molecule has 3 rings (SSSR count). The summed E-state index contributed by atoms with van der Waals surface area (Å²) < 4.78 is 7.21. The van der Waals surface area contributed by atoms with Gasteiger partial charge in [-0.15, -0.1) is 24.0 Å². The van der Waals surface area contributed by atoms with Crippen LogP contribution < -0.4 is 15.4 Å². The van der Waals surface area contributed by atoms with Crippen molar-refractivity contribution >= 4 is 29.9 Å². The van der Waals surface area contributed by atoms with Crippen LogP contribution in [0.1, 0.15) is 24.4 Å². The van der Waals surface area contributed by atoms with Gasteiger partial charge < -0.3 is 15.4 Å². The van der Waals surface area contributed by atoms with Crippen molar-refractivity contribution in [3.8, 4) is 5.75 Å². The molecule has 2 heterocycles. The quantitative estimate of drug-likeness (QED) is 0.333. The Morgan fingerprint density at radius 2 is 1.96 bits per heavy atom. The molecule has 1 atom stereocenters. The Kier molecular flexibility index (Phi) is 9.56. The van der Waals surface area contributed by atoms with E-state index in [0.717, 1.165) is 44.4 Å². The standard InChI is InChI=1S/C20H30N6O.HI/c1-21-20(22-11-15-26-14-5-10-24-26)23-16-19(25-12-3-4-13-25)17-6-8-18(27-2)9-7-17;/h5-10,14,19H,3-4,11-13,15-16H2,1-2H3,(H2,21,22,23);1H. The van der Waals surface area contributed by atoms with Crippen LogP contribution in [0.15, 0.2) is 47.7 Å². The molecule has 154 valence electrons. The summed E-state index contributed by atoms with van der Waals surface area (Å²) in [4.78, 5) is 6.90. The molecule has 2 N–H and O–H groups in total. The summed E-state index contributed by atoms with van der Waals surface area (Å²) in [5, 5.41) is 11.1. The van der Waals surface area contributed by atoms with Crippen molar-refractivity contribution in [3.63, 3.8) is 0 Å². The number of hydrogen-bond acceptors (Lipinski definition) is 4. The molecule has 28 heavy (non-hydrogen) atoms. The van der Waals surface area contributed by atoms with Gasteiger partial charge in [-0.25, -0.2) is 0 Å². The largest absolute Gasteiger partial charge is 0.497 e. The number of methoxy groups -OCH3 is 1. The van der Waals surface area contributed by atoms with Crippen LogP contribution in [0.25, 0.3) is 0 Å². The van der Waals surface area contributed by atoms with Gasteiger partial charge >= 0.3 is 0 Å². The van der Waals surface area contributed by atoms with Crippen molar-refractivity contribution in [1.29, 1.82) is 0 Å². The van der Waals surface area contributed by atoms with E-state index in [0.29, 0.717) is 6.04 Å². The van der Waals surface area contributed by atoms with E-state index in [1.807, 2.05) is 36.1 Å². The topological polar surface area (TPSA) is 66.7 Å². The smallest absolute Gasteiger partial charge is 0.191 e. The Bertz CT molecular complexity index is 698. The predicted octanol–water partition coefficient (Wildman–Crippen LogP) is 2.51. The average Bonchev–Trinajstić information content (AvgIpc) is 3.41. The third-order valence-corrected chi connectivity index (χ3v) is 4.96. The summed E-state index contributed by atoms with van der Waals surface area (Å²) in [6.45, 7) is 4.68. The van der Waals surface area contributed by atoms with Gasteiger partial charge in [0.1, 0.15) is 5.75 Å². The third-order valence-electron chi connectivity index (χ3n) is 4.96. The number of benzene rings is 1. The molecule has 7 nitrogen and oxygen atoms in total. The summed E-state index contributed by atoms with van der Waals surface area (Å²) in [6, 6.07) is 10.7. The maximum absolute atomic E-state index is 5.30. The predicted molar refractivity (Wildman–Crippen MR) is 124 cm³/mol. The zero-order valence-corrected chi connectivity index (χ0v) is 19.0. The van der Waals surface area contributed by atoms with E-state index in [9.17, 15) is 0 Å². The first-order chi connectivity index (χ1) is 13.3. The molecule has 8 heteroatoms. The summed E-state index contributed by atoms with van der Waals surface area (Å²) >= 11 is 0. The Hall–Kier alpha value is -1.81. The number of rotatable bonds is 8. The van der Waals surface area contributed by atoms with E-state index in [4.69, 9.17) is 4.74 Å². The monoisotopic (exact) mass is 498 g/mol.